The zero-order valence-corrected chi connectivity index (χ0v) is 17.1. The lowest BCUT2D eigenvalue weighted by Gasteiger charge is -2.08. The number of anilines is 2. The molecule has 0 bridgehead atoms. The van der Waals surface area contributed by atoms with Gasteiger partial charge in [-0.25, -0.2) is 0 Å². The minimum absolute atomic E-state index is 0.534. The van der Waals surface area contributed by atoms with E-state index in [4.69, 9.17) is 4.74 Å². The molecule has 1 aromatic heterocycles. The van der Waals surface area contributed by atoms with E-state index in [1.165, 1.54) is 16.7 Å². The maximum absolute atomic E-state index is 5.44. The van der Waals surface area contributed by atoms with E-state index in [0.717, 1.165) is 26.7 Å². The number of benzene rings is 2. The molecule has 0 aliphatic heterocycles. The second-order valence-electron chi connectivity index (χ2n) is 6.38. The molecule has 2 aromatic carbocycles. The molecule has 0 aliphatic carbocycles. The molecule has 6 heteroatoms. The van der Waals surface area contributed by atoms with Crippen LogP contribution in [0.1, 0.15) is 36.5 Å². The Morgan fingerprint density at radius 1 is 1.12 bits per heavy atom. The van der Waals surface area contributed by atoms with E-state index in [2.05, 4.69) is 72.7 Å². The third-order valence-corrected chi connectivity index (χ3v) is 6.04. The number of hydrogen-bond donors (Lipinski definition) is 1. The lowest BCUT2D eigenvalue weighted by molar-refractivity contribution is 0.411. The summed E-state index contributed by atoms with van der Waals surface area (Å²) in [4.78, 5) is 0. The molecule has 0 atom stereocenters. The molecule has 1 heterocycles. The van der Waals surface area contributed by atoms with Crippen molar-refractivity contribution >= 4 is 33.9 Å². The second-order valence-corrected chi connectivity index (χ2v) is 8.58. The first-order valence-corrected chi connectivity index (χ1v) is 10.3. The number of thioether (sulfide) groups is 1. The number of nitrogens with one attached hydrogen (secondary N) is 1. The van der Waals surface area contributed by atoms with Crippen LogP contribution >= 0.6 is 23.1 Å². The van der Waals surface area contributed by atoms with E-state index in [-0.39, 0.29) is 0 Å². The molecular weight excluding hydrogens is 362 g/mol. The minimum atomic E-state index is 0.534. The highest BCUT2D eigenvalue weighted by molar-refractivity contribution is 8.00. The lowest BCUT2D eigenvalue weighted by atomic mass is 10.0. The van der Waals surface area contributed by atoms with E-state index in [1.807, 2.05) is 6.07 Å². The van der Waals surface area contributed by atoms with Crippen LogP contribution in [-0.2, 0) is 5.75 Å². The Morgan fingerprint density at radius 3 is 2.58 bits per heavy atom. The van der Waals surface area contributed by atoms with Crippen LogP contribution in [0, 0.1) is 6.92 Å². The minimum Gasteiger partial charge on any atom is -0.496 e. The second kappa shape index (κ2) is 8.56. The van der Waals surface area contributed by atoms with Gasteiger partial charge in [-0.2, -0.15) is 0 Å². The predicted octanol–water partition coefficient (Wildman–Crippen LogP) is 6.01. The average Bonchev–Trinajstić information content (AvgIpc) is 3.08. The number of hydrogen-bond acceptors (Lipinski definition) is 6. The number of aromatic nitrogens is 2. The van der Waals surface area contributed by atoms with Gasteiger partial charge in [0, 0.05) is 17.0 Å². The smallest absolute Gasteiger partial charge is 0.210 e. The van der Waals surface area contributed by atoms with E-state index >= 15 is 0 Å². The molecule has 0 amide bonds. The number of aryl methyl sites for hydroxylation is 1. The number of rotatable bonds is 7. The molecule has 0 unspecified atom stereocenters. The van der Waals surface area contributed by atoms with Crippen LogP contribution < -0.4 is 10.1 Å². The molecule has 0 aliphatic rings. The van der Waals surface area contributed by atoms with Crippen molar-refractivity contribution in [3.63, 3.8) is 0 Å². The zero-order chi connectivity index (χ0) is 18.5. The van der Waals surface area contributed by atoms with Gasteiger partial charge in [0.25, 0.3) is 0 Å². The van der Waals surface area contributed by atoms with Crippen molar-refractivity contribution in [2.24, 2.45) is 0 Å². The van der Waals surface area contributed by atoms with E-state index in [0.29, 0.717) is 5.92 Å². The first kappa shape index (κ1) is 18.7. The molecule has 4 nitrogen and oxygen atoms in total. The quantitative estimate of drug-likeness (QED) is 0.504. The molecule has 3 rings (SSSR count). The summed E-state index contributed by atoms with van der Waals surface area (Å²) in [6.07, 6.45) is 0. The van der Waals surface area contributed by atoms with Gasteiger partial charge < -0.3 is 10.1 Å². The van der Waals surface area contributed by atoms with Crippen molar-refractivity contribution in [1.82, 2.24) is 10.2 Å². The highest BCUT2D eigenvalue weighted by atomic mass is 32.2. The van der Waals surface area contributed by atoms with Gasteiger partial charge in [0.05, 0.1) is 7.11 Å². The molecule has 26 heavy (non-hydrogen) atoms. The van der Waals surface area contributed by atoms with Gasteiger partial charge in [-0.3, -0.25) is 0 Å². The van der Waals surface area contributed by atoms with Crippen LogP contribution in [0.2, 0.25) is 0 Å². The van der Waals surface area contributed by atoms with Crippen LogP contribution in [0.25, 0.3) is 0 Å². The molecule has 3 aromatic rings. The lowest BCUT2D eigenvalue weighted by Crippen LogP contribution is -1.91. The summed E-state index contributed by atoms with van der Waals surface area (Å²) in [7, 11) is 1.70. The van der Waals surface area contributed by atoms with Gasteiger partial charge in [-0.1, -0.05) is 66.8 Å². The van der Waals surface area contributed by atoms with E-state index in [1.54, 1.807) is 30.2 Å². The standard InChI is InChI=1S/C20H23N3OS2/c1-13(2)15-6-8-17(9-7-15)21-19-22-23-20(26-19)25-12-16-11-14(3)5-10-18(16)24-4/h5-11,13H,12H2,1-4H3,(H,21,22). The molecule has 0 radical (unpaired) electrons. The summed E-state index contributed by atoms with van der Waals surface area (Å²) < 4.78 is 6.38. The Labute approximate surface area is 163 Å². The number of ether oxygens (including phenoxy) is 1. The van der Waals surface area contributed by atoms with Gasteiger partial charge in [0.15, 0.2) is 4.34 Å². The molecule has 1 N–H and O–H groups in total. The summed E-state index contributed by atoms with van der Waals surface area (Å²) >= 11 is 3.24. The van der Waals surface area contributed by atoms with Gasteiger partial charge >= 0.3 is 0 Å². The first-order valence-electron chi connectivity index (χ1n) is 8.52. The Balaban J connectivity index is 1.62. The van der Waals surface area contributed by atoms with Crippen LogP contribution in [0.4, 0.5) is 10.8 Å². The maximum Gasteiger partial charge on any atom is 0.210 e. The van der Waals surface area contributed by atoms with Crippen molar-refractivity contribution in [3.05, 3.63) is 59.2 Å². The van der Waals surface area contributed by atoms with Crippen molar-refractivity contribution in [2.45, 2.75) is 36.8 Å². The summed E-state index contributed by atoms with van der Waals surface area (Å²) in [5.74, 6) is 2.26. The van der Waals surface area contributed by atoms with Crippen LogP contribution in [0.3, 0.4) is 0 Å². The third kappa shape index (κ3) is 4.77. The van der Waals surface area contributed by atoms with Gasteiger partial charge in [0.1, 0.15) is 5.75 Å². The molecule has 136 valence electrons. The zero-order valence-electron chi connectivity index (χ0n) is 15.4. The monoisotopic (exact) mass is 385 g/mol. The molecule has 0 saturated carbocycles. The normalized spacial score (nSPS) is 11.0. The first-order chi connectivity index (χ1) is 12.5. The van der Waals surface area contributed by atoms with Crippen molar-refractivity contribution < 1.29 is 4.74 Å². The summed E-state index contributed by atoms with van der Waals surface area (Å²) in [5, 5.41) is 12.7. The fourth-order valence-corrected chi connectivity index (χ4v) is 4.30. The third-order valence-electron chi connectivity index (χ3n) is 4.02. The van der Waals surface area contributed by atoms with Gasteiger partial charge in [-0.05, 0) is 36.6 Å². The molecule has 0 saturated heterocycles. The molecule has 0 spiro atoms. The Kier molecular flexibility index (Phi) is 6.16. The van der Waals surface area contributed by atoms with Crippen molar-refractivity contribution in [1.29, 1.82) is 0 Å². The van der Waals surface area contributed by atoms with Gasteiger partial charge in [-0.15, -0.1) is 10.2 Å². The Hall–Kier alpha value is -2.05. The summed E-state index contributed by atoms with van der Waals surface area (Å²) in [6.45, 7) is 6.48. The Morgan fingerprint density at radius 2 is 1.88 bits per heavy atom. The largest absolute Gasteiger partial charge is 0.496 e. The van der Waals surface area contributed by atoms with E-state index < -0.39 is 0 Å². The fourth-order valence-electron chi connectivity index (χ4n) is 2.55. The van der Waals surface area contributed by atoms with E-state index in [9.17, 15) is 0 Å². The SMILES string of the molecule is COc1ccc(C)cc1CSc1nnc(Nc2ccc(C(C)C)cc2)s1. The van der Waals surface area contributed by atoms with Crippen molar-refractivity contribution in [3.8, 4) is 5.75 Å². The maximum atomic E-state index is 5.44. The van der Waals surface area contributed by atoms with Gasteiger partial charge in [0.2, 0.25) is 5.13 Å². The molecular formula is C20H23N3OS2. The van der Waals surface area contributed by atoms with Crippen LogP contribution in [0.5, 0.6) is 5.75 Å². The predicted molar refractivity (Wildman–Crippen MR) is 111 cm³/mol. The highest BCUT2D eigenvalue weighted by Gasteiger charge is 2.09. The fraction of sp³-hybridized carbons (Fsp3) is 0.300. The summed E-state index contributed by atoms with van der Waals surface area (Å²) in [5.41, 5.74) is 4.76. The van der Waals surface area contributed by atoms with Crippen LogP contribution in [0.15, 0.2) is 46.8 Å². The highest BCUT2D eigenvalue weighted by Crippen LogP contribution is 2.32. The average molecular weight is 386 g/mol. The topological polar surface area (TPSA) is 47.0 Å². The van der Waals surface area contributed by atoms with Crippen molar-refractivity contribution in [2.75, 3.05) is 12.4 Å². The Bertz CT molecular complexity index is 860. The summed E-state index contributed by atoms with van der Waals surface area (Å²) in [6, 6.07) is 14.7. The number of nitrogens with zero attached hydrogens (tertiary/aromatic N) is 2. The molecule has 0 fully saturated rings. The number of methoxy groups -OCH3 is 1. The van der Waals surface area contributed by atoms with Crippen LogP contribution in [-0.4, -0.2) is 17.3 Å².